The molecule has 0 rings (SSSR count). The molecule has 0 fully saturated rings. The zero-order valence-corrected chi connectivity index (χ0v) is 8.79. The Morgan fingerprint density at radius 3 is 2.43 bits per heavy atom. The third-order valence-electron chi connectivity index (χ3n) is 1.69. The maximum Gasteiger partial charge on any atom is 0.348 e. The highest BCUT2D eigenvalue weighted by Crippen LogP contribution is 2.10. The van der Waals surface area contributed by atoms with Crippen molar-refractivity contribution < 1.29 is 14.3 Å². The Balaban J connectivity index is 4.80. The molecule has 0 aromatic rings. The molecule has 0 aliphatic carbocycles. The Bertz CT molecular complexity index is 263. The van der Waals surface area contributed by atoms with Gasteiger partial charge in [0.2, 0.25) is 0 Å². The summed E-state index contributed by atoms with van der Waals surface area (Å²) >= 11 is 0. The molecule has 0 aliphatic heterocycles. The Kier molecular flexibility index (Phi) is 6.42. The van der Waals surface area contributed by atoms with E-state index in [1.54, 1.807) is 6.92 Å². The molecule has 14 heavy (non-hydrogen) atoms. The van der Waals surface area contributed by atoms with Crippen molar-refractivity contribution in [3.63, 3.8) is 0 Å². The minimum atomic E-state index is -0.566. The van der Waals surface area contributed by atoms with E-state index in [9.17, 15) is 4.79 Å². The lowest BCUT2D eigenvalue weighted by Gasteiger charge is -2.06. The van der Waals surface area contributed by atoms with Gasteiger partial charge in [-0.15, -0.1) is 0 Å². The highest BCUT2D eigenvalue weighted by Gasteiger charge is 2.14. The summed E-state index contributed by atoms with van der Waals surface area (Å²) in [6.45, 7) is 4.13. The summed E-state index contributed by atoms with van der Waals surface area (Å²) in [5, 5.41) is 8.79. The van der Waals surface area contributed by atoms with E-state index in [1.165, 1.54) is 7.11 Å². The number of esters is 1. The van der Waals surface area contributed by atoms with Crippen molar-refractivity contribution in [1.29, 1.82) is 5.26 Å². The monoisotopic (exact) mass is 197 g/mol. The van der Waals surface area contributed by atoms with Gasteiger partial charge in [-0.1, -0.05) is 6.92 Å². The summed E-state index contributed by atoms with van der Waals surface area (Å²) in [6, 6.07) is 1.85. The number of nitrogens with zero attached hydrogens (tertiary/aromatic N) is 1. The molecule has 0 spiro atoms. The summed E-state index contributed by atoms with van der Waals surface area (Å²) in [7, 11) is 1.52. The smallest absolute Gasteiger partial charge is 0.348 e. The molecule has 4 nitrogen and oxygen atoms in total. The Morgan fingerprint density at radius 2 is 2.07 bits per heavy atom. The van der Waals surface area contributed by atoms with E-state index in [4.69, 9.17) is 14.7 Å². The van der Waals surface area contributed by atoms with Gasteiger partial charge in [-0.05, 0) is 18.9 Å². The lowest BCUT2D eigenvalue weighted by Crippen LogP contribution is -2.11. The average Bonchev–Trinajstić information content (AvgIpc) is 2.18. The van der Waals surface area contributed by atoms with E-state index in [-0.39, 0.29) is 18.8 Å². The molecule has 0 saturated heterocycles. The summed E-state index contributed by atoms with van der Waals surface area (Å²) < 4.78 is 9.64. The lowest BCUT2D eigenvalue weighted by atomic mass is 10.1. The largest absolute Gasteiger partial charge is 0.462 e. The first-order chi connectivity index (χ1) is 6.71. The lowest BCUT2D eigenvalue weighted by molar-refractivity contribution is -0.138. The predicted octanol–water partition coefficient (Wildman–Crippen LogP) is 1.43. The Hall–Kier alpha value is -1.34. The van der Waals surface area contributed by atoms with Gasteiger partial charge >= 0.3 is 5.97 Å². The van der Waals surface area contributed by atoms with Crippen LogP contribution in [0.25, 0.3) is 0 Å². The first-order valence-corrected chi connectivity index (χ1v) is 4.49. The molecule has 0 aromatic heterocycles. The molecule has 0 radical (unpaired) electrons. The molecule has 0 N–H and O–H groups in total. The highest BCUT2D eigenvalue weighted by molar-refractivity contribution is 5.93. The van der Waals surface area contributed by atoms with Gasteiger partial charge in [-0.3, -0.25) is 0 Å². The number of carbonyl (C=O) groups excluding carboxylic acids is 1. The first-order valence-electron chi connectivity index (χ1n) is 4.49. The van der Waals surface area contributed by atoms with E-state index in [1.807, 2.05) is 13.0 Å². The van der Waals surface area contributed by atoms with Crippen molar-refractivity contribution in [2.24, 2.45) is 0 Å². The second-order valence-electron chi connectivity index (χ2n) is 2.60. The van der Waals surface area contributed by atoms with Gasteiger partial charge in [-0.25, -0.2) is 4.79 Å². The summed E-state index contributed by atoms with van der Waals surface area (Å²) in [5.74, 6) is -0.566. The Labute approximate surface area is 84.1 Å². The van der Waals surface area contributed by atoms with Crippen LogP contribution in [0.1, 0.15) is 20.3 Å². The van der Waals surface area contributed by atoms with Gasteiger partial charge in [0.25, 0.3) is 0 Å². The van der Waals surface area contributed by atoms with Crippen LogP contribution in [-0.4, -0.2) is 26.3 Å². The van der Waals surface area contributed by atoms with Crippen molar-refractivity contribution in [3.05, 3.63) is 11.1 Å². The fraction of sp³-hybridized carbons (Fsp3) is 0.600. The van der Waals surface area contributed by atoms with E-state index in [2.05, 4.69) is 0 Å². The van der Waals surface area contributed by atoms with Crippen molar-refractivity contribution in [3.8, 4) is 6.07 Å². The Morgan fingerprint density at radius 1 is 1.43 bits per heavy atom. The van der Waals surface area contributed by atoms with Gasteiger partial charge in [0.1, 0.15) is 11.6 Å². The zero-order valence-electron chi connectivity index (χ0n) is 8.79. The number of rotatable bonds is 5. The second-order valence-corrected chi connectivity index (χ2v) is 2.60. The molecular formula is C10H15NO3. The van der Waals surface area contributed by atoms with Crippen LogP contribution in [0, 0.1) is 11.3 Å². The highest BCUT2D eigenvalue weighted by atomic mass is 16.5. The number of carbonyl (C=O) groups is 1. The quantitative estimate of drug-likeness (QED) is 0.380. The molecule has 0 aromatic carbocycles. The molecule has 0 saturated carbocycles. The molecule has 0 amide bonds. The first kappa shape index (κ1) is 12.7. The van der Waals surface area contributed by atoms with Gasteiger partial charge in [-0.2, -0.15) is 5.26 Å². The molecule has 0 atom stereocenters. The van der Waals surface area contributed by atoms with Gasteiger partial charge in [0, 0.05) is 7.11 Å². The average molecular weight is 197 g/mol. The van der Waals surface area contributed by atoms with E-state index in [0.717, 1.165) is 0 Å². The topological polar surface area (TPSA) is 59.3 Å². The maximum absolute atomic E-state index is 11.3. The third-order valence-corrected chi connectivity index (χ3v) is 1.69. The van der Waals surface area contributed by atoms with Crippen LogP contribution in [-0.2, 0) is 14.3 Å². The van der Waals surface area contributed by atoms with Crippen LogP contribution in [0.5, 0.6) is 0 Å². The third kappa shape index (κ3) is 3.58. The standard InChI is InChI=1S/C10H15NO3/c1-4-8(7-13-3)9(6-11)10(12)14-5-2/h4-5,7H2,1-3H3/b9-8-. The van der Waals surface area contributed by atoms with Crippen molar-refractivity contribution in [1.82, 2.24) is 0 Å². The van der Waals surface area contributed by atoms with E-state index >= 15 is 0 Å². The number of hydrogen-bond acceptors (Lipinski definition) is 4. The van der Waals surface area contributed by atoms with Crippen molar-refractivity contribution in [2.45, 2.75) is 20.3 Å². The SMILES string of the molecule is CCOC(=O)/C(C#N)=C(/CC)COC. The molecule has 0 heterocycles. The minimum absolute atomic E-state index is 0.0659. The summed E-state index contributed by atoms with van der Waals surface area (Å²) in [5.41, 5.74) is 0.740. The summed E-state index contributed by atoms with van der Waals surface area (Å²) in [6.07, 6.45) is 0.607. The van der Waals surface area contributed by atoms with Crippen molar-refractivity contribution >= 4 is 5.97 Å². The van der Waals surface area contributed by atoms with Crippen LogP contribution in [0.2, 0.25) is 0 Å². The van der Waals surface area contributed by atoms with E-state index < -0.39 is 5.97 Å². The number of hydrogen-bond donors (Lipinski definition) is 0. The number of methoxy groups -OCH3 is 1. The summed E-state index contributed by atoms with van der Waals surface area (Å²) in [4.78, 5) is 11.3. The van der Waals surface area contributed by atoms with Crippen LogP contribution >= 0.6 is 0 Å². The normalized spacial score (nSPS) is 11.6. The van der Waals surface area contributed by atoms with Gasteiger partial charge in [0.15, 0.2) is 0 Å². The molecule has 0 unspecified atom stereocenters. The molecular weight excluding hydrogens is 182 g/mol. The van der Waals surface area contributed by atoms with Crippen LogP contribution in [0.15, 0.2) is 11.1 Å². The van der Waals surface area contributed by atoms with Crippen molar-refractivity contribution in [2.75, 3.05) is 20.3 Å². The molecule has 0 bridgehead atoms. The minimum Gasteiger partial charge on any atom is -0.462 e. The molecule has 4 heteroatoms. The number of nitriles is 1. The van der Waals surface area contributed by atoms with Gasteiger partial charge < -0.3 is 9.47 Å². The van der Waals surface area contributed by atoms with Crippen LogP contribution in [0.4, 0.5) is 0 Å². The second kappa shape index (κ2) is 7.10. The molecule has 0 aliphatic rings. The number of ether oxygens (including phenoxy) is 2. The van der Waals surface area contributed by atoms with Crippen LogP contribution in [0.3, 0.4) is 0 Å². The fourth-order valence-corrected chi connectivity index (χ4v) is 0.998. The fourth-order valence-electron chi connectivity index (χ4n) is 0.998. The predicted molar refractivity (Wildman–Crippen MR) is 51.4 cm³/mol. The molecule has 78 valence electrons. The van der Waals surface area contributed by atoms with Crippen LogP contribution < -0.4 is 0 Å². The maximum atomic E-state index is 11.3. The zero-order chi connectivity index (χ0) is 11.0. The van der Waals surface area contributed by atoms with Gasteiger partial charge in [0.05, 0.1) is 13.2 Å². The van der Waals surface area contributed by atoms with E-state index in [0.29, 0.717) is 12.0 Å².